The first-order chi connectivity index (χ1) is 6.81. The van der Waals surface area contributed by atoms with Gasteiger partial charge in [-0.1, -0.05) is 17.7 Å². The van der Waals surface area contributed by atoms with Gasteiger partial charge in [0.05, 0.1) is 5.02 Å². The second-order valence-electron chi connectivity index (χ2n) is 2.85. The van der Waals surface area contributed by atoms with Crippen LogP contribution in [0.15, 0.2) is 28.4 Å². The van der Waals surface area contributed by atoms with E-state index < -0.39 is 0 Å². The van der Waals surface area contributed by atoms with E-state index in [-0.39, 0.29) is 13.0 Å². The fraction of sp³-hybridized carbons (Fsp3) is 0.333. The Morgan fingerprint density at radius 2 is 2.21 bits per heavy atom. The van der Waals surface area contributed by atoms with Crippen molar-refractivity contribution in [3.8, 4) is 5.75 Å². The van der Waals surface area contributed by atoms with Crippen molar-refractivity contribution >= 4 is 11.6 Å². The van der Waals surface area contributed by atoms with Crippen LogP contribution in [0, 0.1) is 0 Å². The van der Waals surface area contributed by atoms with E-state index in [9.17, 15) is 0 Å². The summed E-state index contributed by atoms with van der Waals surface area (Å²) in [5, 5.41) is 8.20. The van der Waals surface area contributed by atoms with Crippen molar-refractivity contribution in [1.82, 2.24) is 0 Å². The molecule has 1 aromatic carbocycles. The Morgan fingerprint density at radius 1 is 1.43 bits per heavy atom. The summed E-state index contributed by atoms with van der Waals surface area (Å²) < 4.78 is 10.1. The fourth-order valence-electron chi connectivity index (χ4n) is 1.08. The van der Waals surface area contributed by atoms with Crippen LogP contribution in [0.4, 0.5) is 0 Å². The van der Waals surface area contributed by atoms with Crippen LogP contribution in [0.25, 0.3) is 0 Å². The second-order valence-corrected chi connectivity index (χ2v) is 3.25. The van der Waals surface area contributed by atoms with Gasteiger partial charge in [-0.25, -0.2) is 0 Å². The third-order valence-corrected chi connectivity index (χ3v) is 2.13. The molecule has 0 saturated heterocycles. The Morgan fingerprint density at radius 3 is 2.86 bits per heavy atom. The zero-order valence-electron chi connectivity index (χ0n) is 7.61. The van der Waals surface area contributed by atoms with Gasteiger partial charge in [-0.15, -0.1) is 0 Å². The molecule has 0 fully saturated rings. The molecular weight excluding hydrogens is 204 g/mol. The third kappa shape index (κ3) is 2.02. The Labute approximate surface area is 86.5 Å². The summed E-state index contributed by atoms with van der Waals surface area (Å²) in [6.45, 7) is 0.183. The molecule has 0 saturated carbocycles. The maximum absolute atomic E-state index is 5.92. The Balaban J connectivity index is 2.14. The van der Waals surface area contributed by atoms with Crippen LogP contribution in [0.5, 0.6) is 5.75 Å². The fourth-order valence-corrected chi connectivity index (χ4v) is 1.25. The molecule has 1 aliphatic heterocycles. The molecular formula is C9H9ClN2O2. The lowest BCUT2D eigenvalue weighted by Gasteiger charge is -2.07. The first-order valence-corrected chi connectivity index (χ1v) is 4.50. The Hall–Kier alpha value is -1.13. The topological polar surface area (TPSA) is 43.2 Å². The standard InChI is InChI=1S/C9H9ClN2O2/c1-13-5-14-8-4-6(9-11-12-9)2-3-7(8)10/h2-4,9H,5H2,1H3. The molecule has 0 bridgehead atoms. The average molecular weight is 213 g/mol. The molecule has 0 aliphatic carbocycles. The molecule has 0 spiro atoms. The predicted molar refractivity (Wildman–Crippen MR) is 51.6 cm³/mol. The molecule has 14 heavy (non-hydrogen) atoms. The van der Waals surface area contributed by atoms with Crippen molar-refractivity contribution in [2.75, 3.05) is 13.9 Å². The Kier molecular flexibility index (Phi) is 2.65. The number of methoxy groups -OCH3 is 1. The highest BCUT2D eigenvalue weighted by molar-refractivity contribution is 6.32. The zero-order chi connectivity index (χ0) is 9.97. The van der Waals surface area contributed by atoms with Gasteiger partial charge in [0, 0.05) is 12.7 Å². The van der Waals surface area contributed by atoms with Gasteiger partial charge in [-0.3, -0.25) is 0 Å². The van der Waals surface area contributed by atoms with Gasteiger partial charge >= 0.3 is 0 Å². The number of nitrogens with zero attached hydrogens (tertiary/aromatic N) is 2. The smallest absolute Gasteiger partial charge is 0.206 e. The largest absolute Gasteiger partial charge is 0.466 e. The van der Waals surface area contributed by atoms with Gasteiger partial charge in [0.1, 0.15) is 5.75 Å². The minimum atomic E-state index is -0.0304. The van der Waals surface area contributed by atoms with Crippen molar-refractivity contribution in [3.63, 3.8) is 0 Å². The summed E-state index contributed by atoms with van der Waals surface area (Å²) in [7, 11) is 1.56. The highest BCUT2D eigenvalue weighted by atomic mass is 35.5. The maximum Gasteiger partial charge on any atom is 0.206 e. The summed E-state index contributed by atoms with van der Waals surface area (Å²) in [4.78, 5) is 0. The lowest BCUT2D eigenvalue weighted by atomic mass is 10.2. The number of rotatable bonds is 4. The molecule has 1 aromatic rings. The van der Waals surface area contributed by atoms with Crippen molar-refractivity contribution in [1.29, 1.82) is 0 Å². The second kappa shape index (κ2) is 3.94. The van der Waals surface area contributed by atoms with Gasteiger partial charge in [-0.05, 0) is 12.1 Å². The van der Waals surface area contributed by atoms with E-state index >= 15 is 0 Å². The number of hydrogen-bond donors (Lipinski definition) is 0. The lowest BCUT2D eigenvalue weighted by molar-refractivity contribution is 0.0511. The number of hydrogen-bond acceptors (Lipinski definition) is 4. The van der Waals surface area contributed by atoms with Crippen LogP contribution < -0.4 is 4.74 Å². The van der Waals surface area contributed by atoms with E-state index in [1.54, 1.807) is 13.2 Å². The molecule has 4 nitrogen and oxygen atoms in total. The third-order valence-electron chi connectivity index (χ3n) is 1.82. The molecule has 74 valence electrons. The molecule has 0 atom stereocenters. The van der Waals surface area contributed by atoms with Crippen LogP contribution in [0.2, 0.25) is 5.02 Å². The lowest BCUT2D eigenvalue weighted by Crippen LogP contribution is -1.99. The summed E-state index contributed by atoms with van der Waals surface area (Å²) in [5.41, 5.74) is 0.987. The summed E-state index contributed by atoms with van der Waals surface area (Å²) in [5.74, 6) is 0.600. The van der Waals surface area contributed by atoms with Crippen molar-refractivity contribution in [2.24, 2.45) is 10.2 Å². The minimum absolute atomic E-state index is 0.0304. The van der Waals surface area contributed by atoms with Gasteiger partial charge in [0.15, 0.2) is 6.79 Å². The van der Waals surface area contributed by atoms with Gasteiger partial charge in [0.2, 0.25) is 6.17 Å². The quantitative estimate of drug-likeness (QED) is 0.721. The van der Waals surface area contributed by atoms with Crippen molar-refractivity contribution in [3.05, 3.63) is 28.8 Å². The molecule has 5 heteroatoms. The molecule has 0 aromatic heterocycles. The molecule has 1 aliphatic rings. The van der Waals surface area contributed by atoms with E-state index in [4.69, 9.17) is 21.1 Å². The summed E-state index contributed by atoms with van der Waals surface area (Å²) in [6.07, 6.45) is -0.0304. The van der Waals surface area contributed by atoms with Crippen LogP contribution >= 0.6 is 11.6 Å². The van der Waals surface area contributed by atoms with Crippen molar-refractivity contribution < 1.29 is 9.47 Å². The van der Waals surface area contributed by atoms with E-state index in [0.717, 1.165) is 5.56 Å². The number of benzene rings is 1. The van der Waals surface area contributed by atoms with Crippen LogP contribution in [-0.2, 0) is 4.74 Å². The first kappa shape index (κ1) is 9.43. The monoisotopic (exact) mass is 212 g/mol. The van der Waals surface area contributed by atoms with E-state index in [1.807, 2.05) is 12.1 Å². The number of ether oxygens (including phenoxy) is 2. The van der Waals surface area contributed by atoms with E-state index in [2.05, 4.69) is 10.2 Å². The molecule has 0 amide bonds. The molecule has 2 rings (SSSR count). The van der Waals surface area contributed by atoms with E-state index in [0.29, 0.717) is 10.8 Å². The van der Waals surface area contributed by atoms with Gasteiger partial charge in [-0.2, -0.15) is 10.2 Å². The van der Waals surface area contributed by atoms with Crippen LogP contribution in [0.1, 0.15) is 11.7 Å². The van der Waals surface area contributed by atoms with Crippen LogP contribution in [-0.4, -0.2) is 13.9 Å². The molecule has 0 radical (unpaired) electrons. The van der Waals surface area contributed by atoms with Gasteiger partial charge in [0.25, 0.3) is 0 Å². The van der Waals surface area contributed by atoms with Crippen molar-refractivity contribution in [2.45, 2.75) is 6.17 Å². The summed E-state index contributed by atoms with van der Waals surface area (Å²) in [6, 6.07) is 5.48. The first-order valence-electron chi connectivity index (χ1n) is 4.12. The molecule has 1 heterocycles. The predicted octanol–water partition coefficient (Wildman–Crippen LogP) is 2.79. The van der Waals surface area contributed by atoms with Crippen LogP contribution in [0.3, 0.4) is 0 Å². The minimum Gasteiger partial charge on any atom is -0.466 e. The number of halogens is 1. The highest BCUT2D eigenvalue weighted by Crippen LogP contribution is 2.35. The highest BCUT2D eigenvalue weighted by Gasteiger charge is 2.19. The average Bonchev–Trinajstić information content (AvgIpc) is 3.00. The molecule has 0 N–H and O–H groups in total. The zero-order valence-corrected chi connectivity index (χ0v) is 8.36. The summed E-state index contributed by atoms with van der Waals surface area (Å²) >= 11 is 5.92. The van der Waals surface area contributed by atoms with E-state index in [1.165, 1.54) is 0 Å². The maximum atomic E-state index is 5.92. The normalized spacial score (nSPS) is 14.4. The van der Waals surface area contributed by atoms with Gasteiger partial charge < -0.3 is 9.47 Å². The SMILES string of the molecule is COCOc1cc(C2N=N2)ccc1Cl. The molecule has 0 unspecified atom stereocenters. The Bertz CT molecular complexity index is 362.